The fourth-order valence-electron chi connectivity index (χ4n) is 2.66. The van der Waals surface area contributed by atoms with Crippen LogP contribution >= 0.6 is 22.7 Å². The Morgan fingerprint density at radius 2 is 0.875 bits per heavy atom. The van der Waals surface area contributed by atoms with Crippen LogP contribution in [-0.2, 0) is 0 Å². The summed E-state index contributed by atoms with van der Waals surface area (Å²) in [5.41, 5.74) is 6.87. The Hall–Kier alpha value is -2.30. The summed E-state index contributed by atoms with van der Waals surface area (Å²) in [6.45, 7) is 4.07. The van der Waals surface area contributed by atoms with E-state index in [2.05, 4.69) is 69.3 Å². The minimum atomic E-state index is 1.05. The Balaban J connectivity index is 1.59. The smallest absolute Gasteiger partial charge is 0.0901 e. The molecule has 0 amide bonds. The van der Waals surface area contributed by atoms with E-state index in [1.165, 1.54) is 11.1 Å². The van der Waals surface area contributed by atoms with Gasteiger partial charge in [-0.15, -0.1) is 22.7 Å². The summed E-state index contributed by atoms with van der Waals surface area (Å²) in [6.07, 6.45) is 0. The molecule has 4 rings (SSSR count). The molecule has 0 N–H and O–H groups in total. The average molecular weight is 348 g/mol. The van der Waals surface area contributed by atoms with Crippen LogP contribution in [0.25, 0.3) is 33.6 Å². The normalized spacial score (nSPS) is 10.9. The molecule has 0 fully saturated rings. The molecule has 0 radical (unpaired) electrons. The van der Waals surface area contributed by atoms with Crippen molar-refractivity contribution in [3.05, 3.63) is 69.3 Å². The van der Waals surface area contributed by atoms with E-state index in [0.29, 0.717) is 0 Å². The lowest BCUT2D eigenvalue weighted by atomic mass is 10.0. The van der Waals surface area contributed by atoms with Gasteiger partial charge in [0.2, 0.25) is 0 Å². The predicted molar refractivity (Wildman–Crippen MR) is 104 cm³/mol. The van der Waals surface area contributed by atoms with Gasteiger partial charge in [0, 0.05) is 21.9 Å². The molecule has 0 saturated carbocycles. The number of nitrogens with zero attached hydrogens (tertiary/aromatic N) is 2. The van der Waals surface area contributed by atoms with Crippen LogP contribution in [0.15, 0.2) is 59.3 Å². The van der Waals surface area contributed by atoms with Gasteiger partial charge in [0.1, 0.15) is 0 Å². The van der Waals surface area contributed by atoms with E-state index in [1.54, 1.807) is 22.7 Å². The number of hydrogen-bond donors (Lipinski definition) is 0. The van der Waals surface area contributed by atoms with Gasteiger partial charge in [0.25, 0.3) is 0 Å². The van der Waals surface area contributed by atoms with E-state index in [9.17, 15) is 0 Å². The van der Waals surface area contributed by atoms with Gasteiger partial charge in [-0.1, -0.05) is 48.5 Å². The SMILES string of the molecule is Cc1nc(-c2ccc(-c3ccc(-c4csc(C)n4)cc3)cc2)cs1. The quantitative estimate of drug-likeness (QED) is 0.439. The minimum absolute atomic E-state index is 1.05. The van der Waals surface area contributed by atoms with E-state index in [0.717, 1.165) is 32.5 Å². The Morgan fingerprint density at radius 1 is 0.542 bits per heavy atom. The van der Waals surface area contributed by atoms with Crippen molar-refractivity contribution < 1.29 is 0 Å². The highest BCUT2D eigenvalue weighted by Gasteiger charge is 2.05. The van der Waals surface area contributed by atoms with Crippen LogP contribution in [0.1, 0.15) is 10.0 Å². The number of aryl methyl sites for hydroxylation is 2. The summed E-state index contributed by atoms with van der Waals surface area (Å²) in [6, 6.07) is 17.2. The summed E-state index contributed by atoms with van der Waals surface area (Å²) in [4.78, 5) is 9.09. The van der Waals surface area contributed by atoms with E-state index >= 15 is 0 Å². The lowest BCUT2D eigenvalue weighted by molar-refractivity contribution is 1.30. The molecule has 2 nitrogen and oxygen atoms in total. The summed E-state index contributed by atoms with van der Waals surface area (Å²) in [7, 11) is 0. The minimum Gasteiger partial charge on any atom is -0.242 e. The van der Waals surface area contributed by atoms with Crippen LogP contribution in [0, 0.1) is 13.8 Å². The third kappa shape index (κ3) is 3.03. The topological polar surface area (TPSA) is 25.8 Å². The highest BCUT2D eigenvalue weighted by atomic mass is 32.1. The first-order chi connectivity index (χ1) is 11.7. The van der Waals surface area contributed by atoms with Crippen LogP contribution in [0.5, 0.6) is 0 Å². The van der Waals surface area contributed by atoms with Crippen LogP contribution in [0.3, 0.4) is 0 Å². The molecule has 0 atom stereocenters. The predicted octanol–water partition coefficient (Wildman–Crippen LogP) is 6.22. The van der Waals surface area contributed by atoms with Crippen LogP contribution in [0.2, 0.25) is 0 Å². The molecule has 2 aromatic heterocycles. The molecule has 0 aliphatic rings. The van der Waals surface area contributed by atoms with Gasteiger partial charge in [-0.3, -0.25) is 0 Å². The standard InChI is InChI=1S/C20H16N2S2/c1-13-21-19(11-23-13)17-7-3-15(4-8-17)16-5-9-18(10-6-16)20-12-24-14(2)22-20/h3-12H,1-2H3. The van der Waals surface area contributed by atoms with Crippen molar-refractivity contribution >= 4 is 22.7 Å². The van der Waals surface area contributed by atoms with Gasteiger partial charge in [0.15, 0.2) is 0 Å². The third-order valence-corrected chi connectivity index (χ3v) is 5.48. The third-order valence-electron chi connectivity index (χ3n) is 3.93. The summed E-state index contributed by atoms with van der Waals surface area (Å²) >= 11 is 3.37. The molecule has 0 unspecified atom stereocenters. The molecule has 0 saturated heterocycles. The highest BCUT2D eigenvalue weighted by molar-refractivity contribution is 7.10. The van der Waals surface area contributed by atoms with Crippen LogP contribution in [0.4, 0.5) is 0 Å². The molecule has 4 aromatic rings. The van der Waals surface area contributed by atoms with Crippen molar-refractivity contribution in [3.8, 4) is 33.6 Å². The van der Waals surface area contributed by atoms with Gasteiger partial charge in [-0.2, -0.15) is 0 Å². The average Bonchev–Trinajstić information content (AvgIpc) is 3.24. The fourth-order valence-corrected chi connectivity index (χ4v) is 3.90. The molecule has 0 bridgehead atoms. The van der Waals surface area contributed by atoms with Crippen LogP contribution < -0.4 is 0 Å². The first kappa shape index (κ1) is 15.2. The molecule has 0 spiro atoms. The van der Waals surface area contributed by atoms with E-state index in [1.807, 2.05) is 13.8 Å². The number of benzene rings is 2. The van der Waals surface area contributed by atoms with Crippen molar-refractivity contribution in [2.45, 2.75) is 13.8 Å². The van der Waals surface area contributed by atoms with Crippen molar-refractivity contribution in [1.82, 2.24) is 9.97 Å². The number of aromatic nitrogens is 2. The highest BCUT2D eigenvalue weighted by Crippen LogP contribution is 2.28. The second kappa shape index (κ2) is 6.30. The molecular weight excluding hydrogens is 332 g/mol. The second-order valence-electron chi connectivity index (χ2n) is 5.66. The van der Waals surface area contributed by atoms with Gasteiger partial charge in [-0.05, 0) is 25.0 Å². The maximum atomic E-state index is 4.54. The Kier molecular flexibility index (Phi) is 4.00. The first-order valence-electron chi connectivity index (χ1n) is 7.74. The van der Waals surface area contributed by atoms with Gasteiger partial charge < -0.3 is 0 Å². The molecule has 4 heteroatoms. The first-order valence-corrected chi connectivity index (χ1v) is 9.50. The molecule has 24 heavy (non-hydrogen) atoms. The number of rotatable bonds is 3. The van der Waals surface area contributed by atoms with Crippen molar-refractivity contribution in [3.63, 3.8) is 0 Å². The van der Waals surface area contributed by atoms with Gasteiger partial charge in [-0.25, -0.2) is 9.97 Å². The summed E-state index contributed by atoms with van der Waals surface area (Å²) < 4.78 is 0. The van der Waals surface area contributed by atoms with E-state index in [4.69, 9.17) is 0 Å². The van der Waals surface area contributed by atoms with Crippen molar-refractivity contribution in [2.75, 3.05) is 0 Å². The summed E-state index contributed by atoms with van der Waals surface area (Å²) in [5.74, 6) is 0. The maximum absolute atomic E-state index is 4.54. The molecule has 118 valence electrons. The van der Waals surface area contributed by atoms with Gasteiger partial charge in [0.05, 0.1) is 21.4 Å². The lowest BCUT2D eigenvalue weighted by Crippen LogP contribution is -1.82. The fraction of sp³-hybridized carbons (Fsp3) is 0.100. The monoisotopic (exact) mass is 348 g/mol. The van der Waals surface area contributed by atoms with Gasteiger partial charge >= 0.3 is 0 Å². The second-order valence-corrected chi connectivity index (χ2v) is 7.78. The van der Waals surface area contributed by atoms with E-state index < -0.39 is 0 Å². The zero-order chi connectivity index (χ0) is 16.5. The van der Waals surface area contributed by atoms with E-state index in [-0.39, 0.29) is 0 Å². The number of hydrogen-bond acceptors (Lipinski definition) is 4. The molecule has 0 aliphatic heterocycles. The van der Waals surface area contributed by atoms with Crippen molar-refractivity contribution in [2.24, 2.45) is 0 Å². The molecule has 2 heterocycles. The van der Waals surface area contributed by atoms with Crippen molar-refractivity contribution in [1.29, 1.82) is 0 Å². The molecular formula is C20H16N2S2. The molecule has 0 aliphatic carbocycles. The van der Waals surface area contributed by atoms with Crippen LogP contribution in [-0.4, -0.2) is 9.97 Å². The lowest BCUT2D eigenvalue weighted by Gasteiger charge is -2.04. The Bertz CT molecular complexity index is 882. The zero-order valence-electron chi connectivity index (χ0n) is 13.5. The molecule has 2 aromatic carbocycles. The zero-order valence-corrected chi connectivity index (χ0v) is 15.1. The Morgan fingerprint density at radius 3 is 1.17 bits per heavy atom. The Labute approximate surface area is 149 Å². The number of thiazole rings is 2. The maximum Gasteiger partial charge on any atom is 0.0901 e. The summed E-state index contributed by atoms with van der Waals surface area (Å²) in [5, 5.41) is 6.41. The largest absolute Gasteiger partial charge is 0.242 e.